The molecule has 30 heavy (non-hydrogen) atoms. The van der Waals surface area contributed by atoms with Gasteiger partial charge in [0.15, 0.2) is 5.16 Å². The Labute approximate surface area is 181 Å². The Hall–Kier alpha value is -3.23. The van der Waals surface area contributed by atoms with Crippen LogP contribution in [0.3, 0.4) is 0 Å². The number of thiophene rings is 1. The molecule has 150 valence electrons. The van der Waals surface area contributed by atoms with Crippen LogP contribution in [0.25, 0.3) is 16.6 Å². The predicted molar refractivity (Wildman–Crippen MR) is 123 cm³/mol. The topological polar surface area (TPSA) is 76.3 Å². The molecule has 4 rings (SSSR count). The summed E-state index contributed by atoms with van der Waals surface area (Å²) in [6.07, 6.45) is 1.60. The first-order valence-electron chi connectivity index (χ1n) is 9.19. The average molecular weight is 435 g/mol. The fraction of sp³-hybridized carbons (Fsp3) is 0.0909. The van der Waals surface area contributed by atoms with E-state index in [4.69, 9.17) is 0 Å². The third kappa shape index (κ3) is 4.34. The first-order chi connectivity index (χ1) is 14.6. The lowest BCUT2D eigenvalue weighted by Crippen LogP contribution is -2.24. The summed E-state index contributed by atoms with van der Waals surface area (Å²) in [5, 5.41) is 6.91. The van der Waals surface area contributed by atoms with Crippen molar-refractivity contribution in [1.82, 2.24) is 15.0 Å². The maximum absolute atomic E-state index is 13.2. The molecule has 2 aromatic carbocycles. The van der Waals surface area contributed by atoms with Crippen LogP contribution >= 0.6 is 23.1 Å². The minimum atomic E-state index is -0.272. The summed E-state index contributed by atoms with van der Waals surface area (Å²) in [5.41, 5.74) is 4.66. The lowest BCUT2D eigenvalue weighted by Gasteiger charge is -2.14. The van der Waals surface area contributed by atoms with E-state index in [1.165, 1.54) is 23.1 Å². The molecule has 0 saturated carbocycles. The summed E-state index contributed by atoms with van der Waals surface area (Å²) < 4.78 is 1.57. The zero-order valence-electron chi connectivity index (χ0n) is 16.1. The number of hydrazone groups is 1. The van der Waals surface area contributed by atoms with Crippen LogP contribution in [0, 0.1) is 6.92 Å². The molecule has 2 heterocycles. The van der Waals surface area contributed by atoms with Crippen LogP contribution in [0.1, 0.15) is 10.4 Å². The molecule has 1 N–H and O–H groups in total. The summed E-state index contributed by atoms with van der Waals surface area (Å²) in [4.78, 5) is 31.1. The molecule has 1 amide bonds. The highest BCUT2D eigenvalue weighted by Crippen LogP contribution is 2.23. The number of thioether (sulfide) groups is 1. The molecule has 6 nitrogen and oxygen atoms in total. The maximum atomic E-state index is 13.2. The van der Waals surface area contributed by atoms with Gasteiger partial charge in [-0.05, 0) is 42.1 Å². The monoisotopic (exact) mass is 434 g/mol. The lowest BCUT2D eigenvalue weighted by atomic mass is 10.2. The number of hydrogen-bond acceptors (Lipinski definition) is 6. The van der Waals surface area contributed by atoms with Crippen LogP contribution in [0.2, 0.25) is 0 Å². The quantitative estimate of drug-likeness (QED) is 0.215. The number of aromatic nitrogens is 2. The molecular weight excluding hydrogens is 416 g/mol. The van der Waals surface area contributed by atoms with Gasteiger partial charge in [0.05, 0.1) is 28.6 Å². The summed E-state index contributed by atoms with van der Waals surface area (Å²) in [6.45, 7) is 1.94. The van der Waals surface area contributed by atoms with Crippen molar-refractivity contribution in [2.45, 2.75) is 12.1 Å². The van der Waals surface area contributed by atoms with Crippen molar-refractivity contribution in [2.24, 2.45) is 5.10 Å². The highest BCUT2D eigenvalue weighted by atomic mass is 32.2. The van der Waals surface area contributed by atoms with E-state index in [1.54, 1.807) is 22.9 Å². The van der Waals surface area contributed by atoms with Gasteiger partial charge in [-0.1, -0.05) is 48.2 Å². The molecular formula is C22H18N4O2S2. The van der Waals surface area contributed by atoms with Crippen LogP contribution < -0.4 is 11.0 Å². The Bertz CT molecular complexity index is 1280. The summed E-state index contributed by atoms with van der Waals surface area (Å²) in [7, 11) is 0. The van der Waals surface area contributed by atoms with Gasteiger partial charge in [-0.3, -0.25) is 14.2 Å². The van der Waals surface area contributed by atoms with E-state index in [0.29, 0.717) is 16.1 Å². The SMILES string of the molecule is Cc1ccccc1-n1c(SCC(=O)NN=Cc2cccs2)nc2ccccc2c1=O. The van der Waals surface area contributed by atoms with Gasteiger partial charge in [0.25, 0.3) is 11.5 Å². The summed E-state index contributed by atoms with van der Waals surface area (Å²) in [5.74, 6) is -0.190. The van der Waals surface area contributed by atoms with Gasteiger partial charge in [0.2, 0.25) is 0 Å². The zero-order chi connectivity index (χ0) is 20.9. The van der Waals surface area contributed by atoms with Crippen LogP contribution in [-0.4, -0.2) is 27.4 Å². The minimum absolute atomic E-state index is 0.0818. The highest BCUT2D eigenvalue weighted by molar-refractivity contribution is 7.99. The first-order valence-corrected chi connectivity index (χ1v) is 11.1. The third-order valence-corrected chi connectivity index (χ3v) is 6.10. The second-order valence-corrected chi connectivity index (χ2v) is 8.36. The van der Waals surface area contributed by atoms with E-state index in [-0.39, 0.29) is 17.2 Å². The summed E-state index contributed by atoms with van der Waals surface area (Å²) >= 11 is 2.74. The smallest absolute Gasteiger partial charge is 0.266 e. The molecule has 0 radical (unpaired) electrons. The van der Waals surface area contributed by atoms with Crippen LogP contribution in [-0.2, 0) is 4.79 Å². The standard InChI is InChI=1S/C22H18N4O2S2/c1-15-7-2-5-11-19(15)26-21(28)17-9-3-4-10-18(17)24-22(26)30-14-20(27)25-23-13-16-8-6-12-29-16/h2-13H,14H2,1H3,(H,25,27). The number of aryl methyl sites for hydroxylation is 1. The molecule has 0 unspecified atom stereocenters. The fourth-order valence-corrected chi connectivity index (χ4v) is 4.31. The Morgan fingerprint density at radius 1 is 1.17 bits per heavy atom. The van der Waals surface area contributed by atoms with E-state index in [1.807, 2.05) is 60.8 Å². The van der Waals surface area contributed by atoms with Gasteiger partial charge in [0, 0.05) is 4.88 Å². The van der Waals surface area contributed by atoms with Gasteiger partial charge in [-0.2, -0.15) is 5.10 Å². The number of benzene rings is 2. The van der Waals surface area contributed by atoms with E-state index in [0.717, 1.165) is 16.1 Å². The number of nitrogens with zero attached hydrogens (tertiary/aromatic N) is 3. The molecule has 0 fully saturated rings. The van der Waals surface area contributed by atoms with Crippen molar-refractivity contribution in [2.75, 3.05) is 5.75 Å². The Morgan fingerprint density at radius 3 is 2.77 bits per heavy atom. The number of rotatable bonds is 6. The Kier molecular flexibility index (Phi) is 6.06. The Morgan fingerprint density at radius 2 is 1.97 bits per heavy atom. The fourth-order valence-electron chi connectivity index (χ4n) is 2.93. The molecule has 0 aliphatic carbocycles. The van der Waals surface area contributed by atoms with Crippen molar-refractivity contribution in [1.29, 1.82) is 0 Å². The van der Waals surface area contributed by atoms with Crippen molar-refractivity contribution in [3.63, 3.8) is 0 Å². The van der Waals surface area contributed by atoms with Crippen LogP contribution in [0.4, 0.5) is 0 Å². The molecule has 0 saturated heterocycles. The second kappa shape index (κ2) is 9.06. The third-order valence-electron chi connectivity index (χ3n) is 4.36. The first kappa shape index (κ1) is 20.1. The molecule has 0 spiro atoms. The van der Waals surface area contributed by atoms with Gasteiger partial charge in [-0.25, -0.2) is 10.4 Å². The number of amides is 1. The van der Waals surface area contributed by atoms with Crippen molar-refractivity contribution in [3.05, 3.63) is 86.8 Å². The van der Waals surface area contributed by atoms with Crippen LogP contribution in [0.5, 0.6) is 0 Å². The molecule has 0 aliphatic rings. The van der Waals surface area contributed by atoms with Crippen LogP contribution in [0.15, 0.2) is 81.1 Å². The molecule has 0 atom stereocenters. The number of para-hydroxylation sites is 2. The predicted octanol–water partition coefficient (Wildman–Crippen LogP) is 4.00. The van der Waals surface area contributed by atoms with Gasteiger partial charge in [-0.15, -0.1) is 11.3 Å². The largest absolute Gasteiger partial charge is 0.272 e. The summed E-state index contributed by atoms with van der Waals surface area (Å²) in [6, 6.07) is 18.7. The van der Waals surface area contributed by atoms with Gasteiger partial charge in [0.1, 0.15) is 0 Å². The van der Waals surface area contributed by atoms with Gasteiger partial charge >= 0.3 is 0 Å². The second-order valence-electron chi connectivity index (χ2n) is 6.44. The van der Waals surface area contributed by atoms with E-state index in [9.17, 15) is 9.59 Å². The minimum Gasteiger partial charge on any atom is -0.272 e. The Balaban J connectivity index is 1.63. The molecule has 2 aromatic heterocycles. The molecule has 0 aliphatic heterocycles. The highest BCUT2D eigenvalue weighted by Gasteiger charge is 2.15. The molecule has 4 aromatic rings. The zero-order valence-corrected chi connectivity index (χ0v) is 17.7. The van der Waals surface area contributed by atoms with Crippen molar-refractivity contribution >= 4 is 46.1 Å². The number of fused-ring (bicyclic) bond motifs is 1. The maximum Gasteiger partial charge on any atom is 0.266 e. The van der Waals surface area contributed by atoms with E-state index < -0.39 is 0 Å². The lowest BCUT2D eigenvalue weighted by molar-refractivity contribution is -0.118. The molecule has 0 bridgehead atoms. The van der Waals surface area contributed by atoms with Crippen molar-refractivity contribution < 1.29 is 4.79 Å². The van der Waals surface area contributed by atoms with Gasteiger partial charge < -0.3 is 0 Å². The van der Waals surface area contributed by atoms with E-state index in [2.05, 4.69) is 15.5 Å². The number of carbonyl (C=O) groups is 1. The van der Waals surface area contributed by atoms with Crippen molar-refractivity contribution in [3.8, 4) is 5.69 Å². The van der Waals surface area contributed by atoms with E-state index >= 15 is 0 Å². The molecule has 8 heteroatoms. The number of hydrogen-bond donors (Lipinski definition) is 1. The average Bonchev–Trinajstić information content (AvgIpc) is 3.27. The number of carbonyl (C=O) groups excluding carboxylic acids is 1. The normalized spacial score (nSPS) is 11.2. The number of nitrogens with one attached hydrogen (secondary N) is 1.